The summed E-state index contributed by atoms with van der Waals surface area (Å²) in [4.78, 5) is 4.21. The van der Waals surface area contributed by atoms with E-state index in [1.54, 1.807) is 24.0 Å². The van der Waals surface area contributed by atoms with Gasteiger partial charge >= 0.3 is 0 Å². The fourth-order valence-corrected chi connectivity index (χ4v) is 1.44. The highest BCUT2D eigenvalue weighted by Gasteiger charge is 1.90. The van der Waals surface area contributed by atoms with Crippen LogP contribution in [-0.2, 0) is 0 Å². The van der Waals surface area contributed by atoms with Gasteiger partial charge in [0.2, 0.25) is 0 Å². The Morgan fingerprint density at radius 1 is 1.46 bits per heavy atom. The summed E-state index contributed by atoms with van der Waals surface area (Å²) in [7, 11) is 0. The second-order valence-electron chi connectivity index (χ2n) is 2.50. The lowest BCUT2D eigenvalue weighted by atomic mass is 10.3. The van der Waals surface area contributed by atoms with Crippen LogP contribution in [0.25, 0.3) is 0 Å². The van der Waals surface area contributed by atoms with Gasteiger partial charge in [-0.05, 0) is 31.6 Å². The monoisotopic (exact) mass is 195 g/mol. The fraction of sp³-hybridized carbons (Fsp3) is 0.364. The van der Waals surface area contributed by atoms with Crippen molar-refractivity contribution in [3.8, 4) is 0 Å². The minimum absolute atomic E-state index is 1.09. The summed E-state index contributed by atoms with van der Waals surface area (Å²) in [5.41, 5.74) is 0. The summed E-state index contributed by atoms with van der Waals surface area (Å²) < 4.78 is 0. The molecule has 0 aliphatic carbocycles. The van der Waals surface area contributed by atoms with Crippen LogP contribution in [0, 0.1) is 0 Å². The van der Waals surface area contributed by atoms with Crippen molar-refractivity contribution in [2.24, 2.45) is 4.99 Å². The van der Waals surface area contributed by atoms with Crippen molar-refractivity contribution in [3.63, 3.8) is 0 Å². The molecular formula is C11H17NS. The number of rotatable bonds is 6. The van der Waals surface area contributed by atoms with E-state index >= 15 is 0 Å². The van der Waals surface area contributed by atoms with Crippen LogP contribution in [0.1, 0.15) is 19.8 Å². The van der Waals surface area contributed by atoms with E-state index in [4.69, 9.17) is 0 Å². The Bertz CT molecular complexity index is 204. The zero-order chi connectivity index (χ0) is 9.94. The Morgan fingerprint density at radius 3 is 2.85 bits per heavy atom. The molecule has 0 saturated heterocycles. The summed E-state index contributed by atoms with van der Waals surface area (Å²) >= 11 is 1.78. The van der Waals surface area contributed by atoms with Crippen LogP contribution in [0.5, 0.6) is 0 Å². The molecule has 0 amide bonds. The van der Waals surface area contributed by atoms with Gasteiger partial charge in [0, 0.05) is 6.20 Å². The quantitative estimate of drug-likeness (QED) is 0.206. The molecule has 0 atom stereocenters. The molecule has 0 aromatic heterocycles. The second kappa shape index (κ2) is 9.33. The molecule has 0 aromatic rings. The van der Waals surface area contributed by atoms with Crippen LogP contribution in [0.4, 0.5) is 0 Å². The lowest BCUT2D eigenvalue weighted by Crippen LogP contribution is -1.85. The molecule has 0 N–H and O–H groups in total. The molecule has 0 saturated carbocycles. The number of hydrogen-bond acceptors (Lipinski definition) is 2. The number of nitrogens with zero attached hydrogens (tertiary/aromatic N) is 1. The lowest BCUT2D eigenvalue weighted by molar-refractivity contribution is 0.976. The van der Waals surface area contributed by atoms with E-state index in [0.29, 0.717) is 0 Å². The Hall–Kier alpha value is -0.760. The van der Waals surface area contributed by atoms with Gasteiger partial charge in [0.15, 0.2) is 0 Å². The molecule has 72 valence electrons. The van der Waals surface area contributed by atoms with E-state index in [2.05, 4.69) is 18.2 Å². The molecule has 0 radical (unpaired) electrons. The summed E-state index contributed by atoms with van der Waals surface area (Å²) in [6.07, 6.45) is 9.52. The fourth-order valence-electron chi connectivity index (χ4n) is 0.694. The first-order chi connectivity index (χ1) is 6.31. The SMILES string of the molecule is C=C/C=C\N=C(C)SCCCC=C. The molecule has 1 nitrogen and oxygen atoms in total. The van der Waals surface area contributed by atoms with Crippen molar-refractivity contribution < 1.29 is 0 Å². The molecule has 0 bridgehead atoms. The maximum atomic E-state index is 4.21. The molecule has 0 aromatic carbocycles. The highest BCUT2D eigenvalue weighted by Crippen LogP contribution is 2.07. The van der Waals surface area contributed by atoms with Gasteiger partial charge in [0.25, 0.3) is 0 Å². The van der Waals surface area contributed by atoms with E-state index in [-0.39, 0.29) is 0 Å². The Labute approximate surface area is 85.3 Å². The molecule has 0 heterocycles. The smallest absolute Gasteiger partial charge is 0.0700 e. The third-order valence-electron chi connectivity index (χ3n) is 1.34. The largest absolute Gasteiger partial charge is 0.255 e. The minimum atomic E-state index is 1.09. The zero-order valence-electron chi connectivity index (χ0n) is 8.20. The predicted molar refractivity (Wildman–Crippen MR) is 64.3 cm³/mol. The number of unbranched alkanes of at least 4 members (excludes halogenated alkanes) is 1. The minimum Gasteiger partial charge on any atom is -0.255 e. The van der Waals surface area contributed by atoms with Gasteiger partial charge in [-0.2, -0.15) is 0 Å². The number of allylic oxidation sites excluding steroid dienone is 3. The number of aliphatic imine (C=N–C) groups is 1. The average Bonchev–Trinajstić information content (AvgIpc) is 2.13. The molecule has 0 fully saturated rings. The Morgan fingerprint density at radius 2 is 2.23 bits per heavy atom. The summed E-state index contributed by atoms with van der Waals surface area (Å²) in [5.74, 6) is 1.11. The maximum absolute atomic E-state index is 4.21. The van der Waals surface area contributed by atoms with Crippen molar-refractivity contribution in [1.29, 1.82) is 0 Å². The third-order valence-corrected chi connectivity index (χ3v) is 2.36. The number of thioether (sulfide) groups is 1. The van der Waals surface area contributed by atoms with Gasteiger partial charge in [-0.25, -0.2) is 0 Å². The van der Waals surface area contributed by atoms with Crippen molar-refractivity contribution >= 4 is 16.8 Å². The van der Waals surface area contributed by atoms with Gasteiger partial charge in [0.1, 0.15) is 0 Å². The molecule has 0 unspecified atom stereocenters. The van der Waals surface area contributed by atoms with Crippen molar-refractivity contribution in [3.05, 3.63) is 37.6 Å². The van der Waals surface area contributed by atoms with Crippen LogP contribution in [0.15, 0.2) is 42.6 Å². The van der Waals surface area contributed by atoms with Gasteiger partial charge < -0.3 is 0 Å². The van der Waals surface area contributed by atoms with E-state index in [1.165, 1.54) is 6.42 Å². The van der Waals surface area contributed by atoms with Crippen molar-refractivity contribution in [2.75, 3.05) is 5.75 Å². The predicted octanol–water partition coefficient (Wildman–Crippen LogP) is 3.80. The van der Waals surface area contributed by atoms with Gasteiger partial charge in [-0.1, -0.05) is 18.7 Å². The average molecular weight is 195 g/mol. The summed E-state index contributed by atoms with van der Waals surface area (Å²) in [5, 5.41) is 1.10. The van der Waals surface area contributed by atoms with Gasteiger partial charge in [-0.15, -0.1) is 18.3 Å². The first-order valence-electron chi connectivity index (χ1n) is 4.37. The second-order valence-corrected chi connectivity index (χ2v) is 3.79. The topological polar surface area (TPSA) is 12.4 Å². The Balaban J connectivity index is 3.54. The Kier molecular flexibility index (Phi) is 8.78. The third kappa shape index (κ3) is 9.15. The van der Waals surface area contributed by atoms with E-state index in [9.17, 15) is 0 Å². The van der Waals surface area contributed by atoms with E-state index in [0.717, 1.165) is 17.2 Å². The molecular weight excluding hydrogens is 178 g/mol. The first-order valence-corrected chi connectivity index (χ1v) is 5.35. The molecule has 0 aliphatic heterocycles. The van der Waals surface area contributed by atoms with Crippen LogP contribution in [0.3, 0.4) is 0 Å². The van der Waals surface area contributed by atoms with Gasteiger partial charge in [0.05, 0.1) is 5.04 Å². The van der Waals surface area contributed by atoms with E-state index < -0.39 is 0 Å². The lowest BCUT2D eigenvalue weighted by Gasteiger charge is -1.96. The maximum Gasteiger partial charge on any atom is 0.0700 e. The zero-order valence-corrected chi connectivity index (χ0v) is 9.02. The molecule has 0 aliphatic rings. The summed E-state index contributed by atoms with van der Waals surface area (Å²) in [6.45, 7) is 9.27. The molecule has 0 spiro atoms. The molecule has 2 heteroatoms. The van der Waals surface area contributed by atoms with Crippen molar-refractivity contribution in [2.45, 2.75) is 19.8 Å². The molecule has 0 rings (SSSR count). The normalized spacial score (nSPS) is 11.9. The highest BCUT2D eigenvalue weighted by atomic mass is 32.2. The van der Waals surface area contributed by atoms with Crippen LogP contribution < -0.4 is 0 Å². The summed E-state index contributed by atoms with van der Waals surface area (Å²) in [6, 6.07) is 0. The van der Waals surface area contributed by atoms with Gasteiger partial charge in [-0.3, -0.25) is 4.99 Å². The first kappa shape index (κ1) is 12.2. The highest BCUT2D eigenvalue weighted by molar-refractivity contribution is 8.13. The van der Waals surface area contributed by atoms with Crippen LogP contribution >= 0.6 is 11.8 Å². The number of hydrogen-bond donors (Lipinski definition) is 0. The standard InChI is InChI=1S/C11H17NS/c1-4-6-8-10-13-11(3)12-9-7-5-2/h4-5,7,9H,1-2,6,8,10H2,3H3/b9-7-,12-11?. The van der Waals surface area contributed by atoms with Crippen LogP contribution in [-0.4, -0.2) is 10.8 Å². The molecule has 13 heavy (non-hydrogen) atoms. The van der Waals surface area contributed by atoms with Crippen molar-refractivity contribution in [1.82, 2.24) is 0 Å². The van der Waals surface area contributed by atoms with E-state index in [1.807, 2.05) is 19.1 Å². The van der Waals surface area contributed by atoms with Crippen LogP contribution in [0.2, 0.25) is 0 Å².